The van der Waals surface area contributed by atoms with Crippen LogP contribution in [0.5, 0.6) is 0 Å². The van der Waals surface area contributed by atoms with E-state index in [2.05, 4.69) is 5.32 Å². The molecule has 0 aromatic heterocycles. The van der Waals surface area contributed by atoms with Gasteiger partial charge in [-0.1, -0.05) is 24.3 Å². The minimum Gasteiger partial charge on any atom is -0.325 e. The monoisotopic (exact) mass is 351 g/mol. The maximum atomic E-state index is 12.7. The number of carbonyl (C=O) groups excluding carboxylic acids is 3. The van der Waals surface area contributed by atoms with Crippen molar-refractivity contribution in [3.8, 4) is 0 Å². The van der Waals surface area contributed by atoms with Gasteiger partial charge in [0.25, 0.3) is 5.91 Å². The lowest BCUT2D eigenvalue weighted by molar-refractivity contribution is -0.130. The number of amides is 4. The Balaban J connectivity index is 1.74. The standard InChI is InChI=1S/C20H21N3O3/c1-13-9-14(2)11-16(10-13)21-18(24)12-22-19(25)15(3)23(20(22)26)17-7-5-4-6-8-17/h4-11,15H,12H2,1-3H3,(H,21,24)/t15-/m1/s1. The van der Waals surface area contributed by atoms with E-state index in [0.717, 1.165) is 16.0 Å². The number of nitrogens with one attached hydrogen (secondary N) is 1. The Bertz CT molecular complexity index is 844. The fourth-order valence-corrected chi connectivity index (χ4v) is 3.19. The summed E-state index contributed by atoms with van der Waals surface area (Å²) in [6, 6.07) is 13.5. The fourth-order valence-electron chi connectivity index (χ4n) is 3.19. The first-order valence-corrected chi connectivity index (χ1v) is 8.44. The van der Waals surface area contributed by atoms with E-state index in [9.17, 15) is 14.4 Å². The van der Waals surface area contributed by atoms with Gasteiger partial charge in [0.05, 0.1) is 0 Å². The van der Waals surface area contributed by atoms with Crippen molar-refractivity contribution in [1.29, 1.82) is 0 Å². The van der Waals surface area contributed by atoms with Crippen LogP contribution in [0.25, 0.3) is 0 Å². The summed E-state index contributed by atoms with van der Waals surface area (Å²) in [4.78, 5) is 39.9. The number of aryl methyl sites for hydroxylation is 2. The van der Waals surface area contributed by atoms with Crippen LogP contribution < -0.4 is 10.2 Å². The molecule has 0 saturated carbocycles. The second-order valence-corrected chi connectivity index (χ2v) is 6.51. The predicted molar refractivity (Wildman–Crippen MR) is 100 cm³/mol. The van der Waals surface area contributed by atoms with Gasteiger partial charge < -0.3 is 5.32 Å². The summed E-state index contributed by atoms with van der Waals surface area (Å²) in [5.41, 5.74) is 3.34. The number of hydrogen-bond acceptors (Lipinski definition) is 3. The molecule has 2 aromatic rings. The molecule has 1 saturated heterocycles. The van der Waals surface area contributed by atoms with E-state index in [-0.39, 0.29) is 12.5 Å². The molecule has 1 atom stereocenters. The zero-order valence-electron chi connectivity index (χ0n) is 15.0. The van der Waals surface area contributed by atoms with Gasteiger partial charge in [0.15, 0.2) is 0 Å². The van der Waals surface area contributed by atoms with Crippen LogP contribution in [0.2, 0.25) is 0 Å². The molecule has 1 aliphatic rings. The number of imide groups is 1. The maximum Gasteiger partial charge on any atom is 0.332 e. The molecule has 2 aromatic carbocycles. The zero-order chi connectivity index (χ0) is 18.8. The van der Waals surface area contributed by atoms with Gasteiger partial charge in [-0.2, -0.15) is 0 Å². The summed E-state index contributed by atoms with van der Waals surface area (Å²) in [5.74, 6) is -0.784. The van der Waals surface area contributed by atoms with E-state index >= 15 is 0 Å². The first-order chi connectivity index (χ1) is 12.4. The Hall–Kier alpha value is -3.15. The van der Waals surface area contributed by atoms with Gasteiger partial charge in [0.2, 0.25) is 5.91 Å². The molecular formula is C20H21N3O3. The lowest BCUT2D eigenvalue weighted by Crippen LogP contribution is -2.39. The quantitative estimate of drug-likeness (QED) is 0.861. The van der Waals surface area contributed by atoms with E-state index in [4.69, 9.17) is 0 Å². The van der Waals surface area contributed by atoms with E-state index in [1.165, 1.54) is 4.90 Å². The molecule has 1 heterocycles. The summed E-state index contributed by atoms with van der Waals surface area (Å²) in [6.45, 7) is 5.23. The number of para-hydroxylation sites is 1. The third kappa shape index (κ3) is 3.44. The van der Waals surface area contributed by atoms with Crippen LogP contribution in [0.15, 0.2) is 48.5 Å². The number of carbonyl (C=O) groups is 3. The first-order valence-electron chi connectivity index (χ1n) is 8.44. The zero-order valence-corrected chi connectivity index (χ0v) is 15.0. The summed E-state index contributed by atoms with van der Waals surface area (Å²) < 4.78 is 0. The van der Waals surface area contributed by atoms with Crippen LogP contribution in [0.4, 0.5) is 16.2 Å². The lowest BCUT2D eigenvalue weighted by Gasteiger charge is -2.19. The molecule has 1 aliphatic heterocycles. The van der Waals surface area contributed by atoms with Crippen molar-refractivity contribution >= 4 is 29.2 Å². The minimum atomic E-state index is -0.640. The van der Waals surface area contributed by atoms with Gasteiger partial charge in [-0.25, -0.2) is 4.79 Å². The van der Waals surface area contributed by atoms with Crippen molar-refractivity contribution in [2.24, 2.45) is 0 Å². The van der Waals surface area contributed by atoms with Crippen molar-refractivity contribution in [1.82, 2.24) is 4.90 Å². The van der Waals surface area contributed by atoms with Crippen molar-refractivity contribution in [3.05, 3.63) is 59.7 Å². The summed E-state index contributed by atoms with van der Waals surface area (Å²) in [7, 11) is 0. The molecule has 0 aliphatic carbocycles. The number of urea groups is 1. The van der Waals surface area contributed by atoms with Gasteiger partial charge in [0.1, 0.15) is 12.6 Å². The van der Waals surface area contributed by atoms with Gasteiger partial charge in [0, 0.05) is 11.4 Å². The molecule has 0 unspecified atom stereocenters. The minimum absolute atomic E-state index is 0.307. The normalized spacial score (nSPS) is 17.0. The highest BCUT2D eigenvalue weighted by Crippen LogP contribution is 2.25. The van der Waals surface area contributed by atoms with Crippen LogP contribution in [0.3, 0.4) is 0 Å². The second kappa shape index (κ2) is 7.00. The largest absolute Gasteiger partial charge is 0.332 e. The van der Waals surface area contributed by atoms with Gasteiger partial charge in [-0.05, 0) is 56.2 Å². The fraction of sp³-hybridized carbons (Fsp3) is 0.250. The second-order valence-electron chi connectivity index (χ2n) is 6.51. The molecule has 134 valence electrons. The highest BCUT2D eigenvalue weighted by molar-refractivity contribution is 6.16. The summed E-state index contributed by atoms with van der Waals surface area (Å²) >= 11 is 0. The predicted octanol–water partition coefficient (Wildman–Crippen LogP) is 3.10. The van der Waals surface area contributed by atoms with Crippen molar-refractivity contribution in [3.63, 3.8) is 0 Å². The Labute approximate surface area is 152 Å². The molecule has 0 bridgehead atoms. The Morgan fingerprint density at radius 2 is 1.65 bits per heavy atom. The van der Waals surface area contributed by atoms with Crippen LogP contribution >= 0.6 is 0 Å². The average molecular weight is 351 g/mol. The Morgan fingerprint density at radius 1 is 1.04 bits per heavy atom. The molecule has 1 fully saturated rings. The number of nitrogens with zero attached hydrogens (tertiary/aromatic N) is 2. The number of rotatable bonds is 4. The summed E-state index contributed by atoms with van der Waals surface area (Å²) in [6.07, 6.45) is 0. The highest BCUT2D eigenvalue weighted by Gasteiger charge is 2.43. The third-order valence-corrected chi connectivity index (χ3v) is 4.29. The van der Waals surface area contributed by atoms with Gasteiger partial charge >= 0.3 is 6.03 Å². The van der Waals surface area contributed by atoms with Crippen molar-refractivity contribution in [2.45, 2.75) is 26.8 Å². The highest BCUT2D eigenvalue weighted by atomic mass is 16.2. The van der Waals surface area contributed by atoms with Crippen LogP contribution in [-0.2, 0) is 9.59 Å². The molecular weight excluding hydrogens is 330 g/mol. The number of hydrogen-bond donors (Lipinski definition) is 1. The van der Waals surface area contributed by atoms with Crippen molar-refractivity contribution in [2.75, 3.05) is 16.8 Å². The van der Waals surface area contributed by atoms with Crippen LogP contribution in [-0.4, -0.2) is 35.3 Å². The number of benzene rings is 2. The van der Waals surface area contributed by atoms with E-state index in [1.807, 2.05) is 38.1 Å². The van der Waals surface area contributed by atoms with Crippen molar-refractivity contribution < 1.29 is 14.4 Å². The SMILES string of the molecule is Cc1cc(C)cc(NC(=O)CN2C(=O)[C@@H](C)N(c3ccccc3)C2=O)c1. The van der Waals surface area contributed by atoms with E-state index in [1.54, 1.807) is 31.2 Å². The first kappa shape index (κ1) is 17.7. The molecule has 26 heavy (non-hydrogen) atoms. The average Bonchev–Trinajstić information content (AvgIpc) is 2.78. The summed E-state index contributed by atoms with van der Waals surface area (Å²) in [5, 5.41) is 2.76. The van der Waals surface area contributed by atoms with Gasteiger partial charge in [-0.3, -0.25) is 19.4 Å². The van der Waals surface area contributed by atoms with Crippen LogP contribution in [0.1, 0.15) is 18.1 Å². The third-order valence-electron chi connectivity index (χ3n) is 4.29. The molecule has 4 amide bonds. The van der Waals surface area contributed by atoms with Gasteiger partial charge in [-0.15, -0.1) is 0 Å². The molecule has 3 rings (SSSR count). The smallest absolute Gasteiger partial charge is 0.325 e. The Kier molecular flexibility index (Phi) is 4.75. The number of anilines is 2. The topological polar surface area (TPSA) is 69.7 Å². The molecule has 6 nitrogen and oxygen atoms in total. The molecule has 0 spiro atoms. The Morgan fingerprint density at radius 3 is 2.27 bits per heavy atom. The van der Waals surface area contributed by atoms with Crippen LogP contribution in [0, 0.1) is 13.8 Å². The molecule has 0 radical (unpaired) electrons. The van der Waals surface area contributed by atoms with E-state index < -0.39 is 18.0 Å². The lowest BCUT2D eigenvalue weighted by atomic mass is 10.1. The maximum absolute atomic E-state index is 12.7. The molecule has 6 heteroatoms. The van der Waals surface area contributed by atoms with E-state index in [0.29, 0.717) is 11.4 Å². The molecule has 1 N–H and O–H groups in total.